The van der Waals surface area contributed by atoms with Crippen molar-refractivity contribution in [2.24, 2.45) is 0 Å². The number of alkyl halides is 2. The molecule has 0 fully saturated rings. The average molecular weight is 500 g/mol. The molecule has 1 aliphatic rings. The summed E-state index contributed by atoms with van der Waals surface area (Å²) in [6.45, 7) is 0. The average Bonchev–Trinajstić information content (AvgIpc) is 3.12. The molecule has 0 spiro atoms. The molecule has 2 aromatic carbocycles. The smallest absolute Gasteiger partial charge is 0.395 e. The highest BCUT2D eigenvalue weighted by molar-refractivity contribution is 7.62. The van der Waals surface area contributed by atoms with E-state index < -0.39 is 13.9 Å². The minimum Gasteiger partial charge on any atom is -0.395 e. The summed E-state index contributed by atoms with van der Waals surface area (Å²) in [4.78, 5) is 8.33. The van der Waals surface area contributed by atoms with Crippen molar-refractivity contribution < 1.29 is 31.9 Å². The number of nitrogens with zero attached hydrogens (tertiary/aromatic N) is 2. The number of para-hydroxylation sites is 1. The number of fused-ring (bicyclic) bond motifs is 1. The van der Waals surface area contributed by atoms with Gasteiger partial charge in [-0.25, -0.2) is 4.98 Å². The molecule has 4 rings (SSSR count). The third kappa shape index (κ3) is 4.93. The molecule has 0 atom stereocenters. The minimum absolute atomic E-state index is 0.0859. The van der Waals surface area contributed by atoms with Crippen LogP contribution in [0.15, 0.2) is 48.7 Å². The number of hydrazine groups is 1. The van der Waals surface area contributed by atoms with Gasteiger partial charge in [0.05, 0.1) is 17.2 Å². The summed E-state index contributed by atoms with van der Waals surface area (Å²) in [5, 5.41) is 3.34. The molecule has 10 nitrogen and oxygen atoms in total. The lowest BCUT2D eigenvalue weighted by molar-refractivity contribution is -0.286. The molecule has 14 heteroatoms. The zero-order valence-corrected chi connectivity index (χ0v) is 18.8. The van der Waals surface area contributed by atoms with E-state index in [-0.39, 0.29) is 28.3 Å². The first-order valence-electron chi connectivity index (χ1n) is 9.25. The van der Waals surface area contributed by atoms with E-state index in [2.05, 4.69) is 35.6 Å². The zero-order valence-electron chi connectivity index (χ0n) is 17.1. The highest BCUT2D eigenvalue weighted by atomic mass is 35.5. The maximum atomic E-state index is 13.2. The molecule has 0 unspecified atom stereocenters. The number of rotatable bonds is 8. The third-order valence-corrected chi connectivity index (χ3v) is 6.61. The fraction of sp³-hybridized carbons (Fsp3) is 0.158. The normalized spacial score (nSPS) is 14.1. The van der Waals surface area contributed by atoms with E-state index in [4.69, 9.17) is 20.6 Å². The van der Waals surface area contributed by atoms with Crippen LogP contribution in [0.3, 0.4) is 0 Å². The van der Waals surface area contributed by atoms with E-state index in [1.165, 1.54) is 38.6 Å². The molecule has 3 aromatic rings. The van der Waals surface area contributed by atoms with Crippen LogP contribution in [0.2, 0.25) is 5.02 Å². The molecule has 3 N–H and O–H groups in total. The summed E-state index contributed by atoms with van der Waals surface area (Å²) >= 11 is 6.18. The molecular formula is C19H17ClF2N5O5P. The molecule has 0 saturated heterocycles. The second-order valence-electron chi connectivity index (χ2n) is 6.47. The first-order valence-corrected chi connectivity index (χ1v) is 11.2. The number of benzene rings is 2. The van der Waals surface area contributed by atoms with Crippen LogP contribution in [0.4, 0.5) is 31.9 Å². The summed E-state index contributed by atoms with van der Waals surface area (Å²) in [7, 11) is -0.966. The van der Waals surface area contributed by atoms with Crippen LogP contribution in [0.25, 0.3) is 0 Å². The van der Waals surface area contributed by atoms with Crippen LogP contribution < -0.4 is 30.9 Å². The maximum absolute atomic E-state index is 13.2. The van der Waals surface area contributed by atoms with Crippen molar-refractivity contribution in [1.82, 2.24) is 9.97 Å². The van der Waals surface area contributed by atoms with Crippen LogP contribution >= 0.6 is 19.2 Å². The quantitative estimate of drug-likeness (QED) is 0.296. The Morgan fingerprint density at radius 1 is 1.06 bits per heavy atom. The van der Waals surface area contributed by atoms with Crippen molar-refractivity contribution >= 4 is 47.6 Å². The lowest BCUT2D eigenvalue weighted by Gasteiger charge is -2.19. The number of aromatic nitrogens is 2. The zero-order chi connectivity index (χ0) is 23.6. The minimum atomic E-state index is -3.72. The van der Waals surface area contributed by atoms with Gasteiger partial charge in [-0.3, -0.25) is 15.4 Å². The van der Waals surface area contributed by atoms with Crippen molar-refractivity contribution in [3.8, 4) is 11.5 Å². The summed E-state index contributed by atoms with van der Waals surface area (Å²) in [5.41, 5.74) is 6.48. The number of nitrogens with one attached hydrogen (secondary N) is 3. The van der Waals surface area contributed by atoms with E-state index in [0.29, 0.717) is 16.7 Å². The summed E-state index contributed by atoms with van der Waals surface area (Å²) in [6, 6.07) is 10.8. The van der Waals surface area contributed by atoms with Gasteiger partial charge in [-0.05, 0) is 24.3 Å². The van der Waals surface area contributed by atoms with E-state index in [9.17, 15) is 13.3 Å². The Hall–Kier alpha value is -3.18. The monoisotopic (exact) mass is 499 g/mol. The van der Waals surface area contributed by atoms with Gasteiger partial charge in [-0.15, -0.1) is 8.78 Å². The van der Waals surface area contributed by atoms with Gasteiger partial charge in [0.25, 0.3) is 0 Å². The molecule has 1 aliphatic heterocycles. The van der Waals surface area contributed by atoms with Crippen LogP contribution in [0.1, 0.15) is 0 Å². The summed E-state index contributed by atoms with van der Waals surface area (Å²) in [6.07, 6.45) is -2.38. The Morgan fingerprint density at radius 2 is 1.79 bits per heavy atom. The first-order chi connectivity index (χ1) is 15.7. The summed E-state index contributed by atoms with van der Waals surface area (Å²) in [5.74, 6) is 0.0801. The fourth-order valence-electron chi connectivity index (χ4n) is 2.89. The van der Waals surface area contributed by atoms with Gasteiger partial charge in [0.15, 0.2) is 17.3 Å². The summed E-state index contributed by atoms with van der Waals surface area (Å²) < 4.78 is 58.1. The van der Waals surface area contributed by atoms with E-state index in [1.54, 1.807) is 24.3 Å². The molecule has 2 heterocycles. The number of halogens is 3. The number of ether oxygens (including phenoxy) is 2. The van der Waals surface area contributed by atoms with Crippen LogP contribution in [0.5, 0.6) is 11.5 Å². The van der Waals surface area contributed by atoms with Gasteiger partial charge in [0, 0.05) is 26.0 Å². The Labute approximate surface area is 191 Å². The Balaban J connectivity index is 1.51. The molecule has 0 saturated carbocycles. The second-order valence-corrected chi connectivity index (χ2v) is 9.09. The van der Waals surface area contributed by atoms with Gasteiger partial charge in [-0.2, -0.15) is 4.98 Å². The predicted molar refractivity (Wildman–Crippen MR) is 118 cm³/mol. The van der Waals surface area contributed by atoms with Gasteiger partial charge in [-0.1, -0.05) is 23.7 Å². The van der Waals surface area contributed by atoms with Crippen molar-refractivity contribution in [3.05, 3.63) is 53.7 Å². The van der Waals surface area contributed by atoms with E-state index >= 15 is 0 Å². The number of hydrogen-bond acceptors (Lipinski definition) is 10. The number of anilines is 4. The Bertz CT molecular complexity index is 1230. The Kier molecular flexibility index (Phi) is 6.26. The maximum Gasteiger partial charge on any atom is 0.586 e. The van der Waals surface area contributed by atoms with Crippen LogP contribution in [-0.2, 0) is 13.6 Å². The van der Waals surface area contributed by atoms with Crippen LogP contribution in [-0.4, -0.2) is 30.5 Å². The lowest BCUT2D eigenvalue weighted by Crippen LogP contribution is -2.25. The van der Waals surface area contributed by atoms with Crippen molar-refractivity contribution in [2.75, 3.05) is 30.4 Å². The topological polar surface area (TPSA) is 116 Å². The molecule has 33 heavy (non-hydrogen) atoms. The van der Waals surface area contributed by atoms with Gasteiger partial charge in [0.1, 0.15) is 5.02 Å². The lowest BCUT2D eigenvalue weighted by atomic mass is 10.3. The molecule has 0 amide bonds. The highest BCUT2D eigenvalue weighted by Gasteiger charge is 2.43. The SMILES string of the molecule is COP(=O)(OC)c1ccccc1NNc1nc(Nc2ccc3c(c2)OC(F)(F)O3)ncc1Cl. The van der Waals surface area contributed by atoms with Gasteiger partial charge in [0.2, 0.25) is 5.95 Å². The van der Waals surface area contributed by atoms with E-state index in [1.807, 2.05) is 0 Å². The van der Waals surface area contributed by atoms with Crippen molar-refractivity contribution in [3.63, 3.8) is 0 Å². The fourth-order valence-corrected chi connectivity index (χ4v) is 4.26. The first kappa shape index (κ1) is 23.0. The molecule has 1 aromatic heterocycles. The van der Waals surface area contributed by atoms with Crippen molar-refractivity contribution in [2.45, 2.75) is 6.29 Å². The Morgan fingerprint density at radius 3 is 2.55 bits per heavy atom. The molecule has 0 bridgehead atoms. The van der Waals surface area contributed by atoms with Gasteiger partial charge < -0.3 is 23.8 Å². The van der Waals surface area contributed by atoms with E-state index in [0.717, 1.165) is 0 Å². The van der Waals surface area contributed by atoms with Crippen LogP contribution in [0, 0.1) is 0 Å². The van der Waals surface area contributed by atoms with Gasteiger partial charge >= 0.3 is 13.9 Å². The molecule has 174 valence electrons. The predicted octanol–water partition coefficient (Wildman–Crippen LogP) is 4.75. The number of hydrogen-bond donors (Lipinski definition) is 3. The third-order valence-electron chi connectivity index (χ3n) is 4.40. The molecule has 0 radical (unpaired) electrons. The highest BCUT2D eigenvalue weighted by Crippen LogP contribution is 2.47. The largest absolute Gasteiger partial charge is 0.586 e. The van der Waals surface area contributed by atoms with Crippen molar-refractivity contribution in [1.29, 1.82) is 0 Å². The standard InChI is InChI=1S/C19H17ClF2N5O5P/c1-29-33(28,30-2)16-6-4-3-5-13(16)26-27-17-12(20)10-23-18(25-17)24-11-7-8-14-15(9-11)32-19(21,22)31-14/h3-10,26H,1-2H3,(H2,23,24,25,27). The molecule has 0 aliphatic carbocycles. The molecular weight excluding hydrogens is 483 g/mol. The second kappa shape index (κ2) is 8.99.